The lowest BCUT2D eigenvalue weighted by Gasteiger charge is -2.34. The molecule has 2 aromatic rings. The molecule has 0 aliphatic carbocycles. The molecule has 1 aliphatic rings. The molecular weight excluding hydrogens is 450 g/mol. The first-order valence-electron chi connectivity index (χ1n) is 9.30. The molecule has 12 heteroatoms. The van der Waals surface area contributed by atoms with E-state index < -0.39 is 41.9 Å². The minimum absolute atomic E-state index is 0.203. The van der Waals surface area contributed by atoms with Gasteiger partial charge in [0.25, 0.3) is 0 Å². The lowest BCUT2D eigenvalue weighted by molar-refractivity contribution is -0.184. The van der Waals surface area contributed by atoms with Crippen molar-refractivity contribution in [3.05, 3.63) is 17.4 Å². The Balaban J connectivity index is 2.13. The molecular formula is C19H22ClN3O7S. The van der Waals surface area contributed by atoms with Crippen LogP contribution in [0.15, 0.2) is 17.4 Å². The molecule has 3 rings (SSSR count). The maximum absolute atomic E-state index is 12.0. The van der Waals surface area contributed by atoms with Crippen molar-refractivity contribution in [2.45, 2.75) is 56.9 Å². The molecule has 0 amide bonds. The van der Waals surface area contributed by atoms with Crippen molar-refractivity contribution < 1.29 is 33.3 Å². The topological polar surface area (TPSA) is 119 Å². The Morgan fingerprint density at radius 3 is 2.52 bits per heavy atom. The highest BCUT2D eigenvalue weighted by Crippen LogP contribution is 2.44. The molecule has 0 bridgehead atoms. The normalized spacial score (nSPS) is 25.4. The third-order valence-electron chi connectivity index (χ3n) is 4.74. The fourth-order valence-corrected chi connectivity index (χ4v) is 4.24. The van der Waals surface area contributed by atoms with Gasteiger partial charge in [-0.05, 0) is 19.2 Å². The minimum atomic E-state index is -1.45. The number of carbonyl (C=O) groups excluding carboxylic acids is 3. The molecule has 31 heavy (non-hydrogen) atoms. The average molecular weight is 472 g/mol. The number of halogens is 1. The van der Waals surface area contributed by atoms with E-state index in [0.717, 1.165) is 0 Å². The van der Waals surface area contributed by atoms with Crippen molar-refractivity contribution in [1.82, 2.24) is 14.5 Å². The molecule has 4 atom stereocenters. The summed E-state index contributed by atoms with van der Waals surface area (Å²) in [5, 5.41) is 1.27. The van der Waals surface area contributed by atoms with Crippen LogP contribution in [0.3, 0.4) is 0 Å². The van der Waals surface area contributed by atoms with Gasteiger partial charge in [0.05, 0.1) is 5.39 Å². The van der Waals surface area contributed by atoms with Crippen molar-refractivity contribution in [3.63, 3.8) is 0 Å². The second-order valence-corrected chi connectivity index (χ2v) is 8.23. The van der Waals surface area contributed by atoms with Gasteiger partial charge in [-0.3, -0.25) is 14.4 Å². The van der Waals surface area contributed by atoms with E-state index in [1.165, 1.54) is 32.5 Å². The van der Waals surface area contributed by atoms with Crippen LogP contribution in [-0.2, 0) is 33.3 Å². The first kappa shape index (κ1) is 23.3. The number of hydrogen-bond acceptors (Lipinski definition) is 10. The van der Waals surface area contributed by atoms with Crippen LogP contribution in [0.5, 0.6) is 0 Å². The molecule has 1 aliphatic heterocycles. The Morgan fingerprint density at radius 2 is 1.94 bits per heavy atom. The van der Waals surface area contributed by atoms with Crippen molar-refractivity contribution in [3.8, 4) is 0 Å². The summed E-state index contributed by atoms with van der Waals surface area (Å²) in [5.74, 6) is -1.73. The zero-order valence-electron chi connectivity index (χ0n) is 17.6. The molecule has 3 heterocycles. The third-order valence-corrected chi connectivity index (χ3v) is 5.58. The van der Waals surface area contributed by atoms with Gasteiger partial charge < -0.3 is 23.5 Å². The summed E-state index contributed by atoms with van der Waals surface area (Å²) in [6.45, 7) is 5.11. The molecule has 2 unspecified atom stereocenters. The second-order valence-electron chi connectivity index (χ2n) is 7.10. The first-order chi connectivity index (χ1) is 14.6. The lowest BCUT2D eigenvalue weighted by atomic mass is 9.95. The molecule has 1 saturated heterocycles. The van der Waals surface area contributed by atoms with Crippen LogP contribution in [-0.4, -0.2) is 63.1 Å². The van der Waals surface area contributed by atoms with Crippen LogP contribution in [0.2, 0.25) is 5.15 Å². The molecule has 1 fully saturated rings. The smallest absolute Gasteiger partial charge is 0.303 e. The van der Waals surface area contributed by atoms with E-state index in [9.17, 15) is 14.4 Å². The van der Waals surface area contributed by atoms with Crippen LogP contribution < -0.4 is 0 Å². The van der Waals surface area contributed by atoms with Gasteiger partial charge in [-0.15, -0.1) is 0 Å². The van der Waals surface area contributed by atoms with Crippen LogP contribution in [0.4, 0.5) is 0 Å². The van der Waals surface area contributed by atoms with Gasteiger partial charge in [-0.2, -0.15) is 0 Å². The Labute approximate surface area is 187 Å². The molecule has 0 N–H and O–H groups in total. The number of ether oxygens (including phenoxy) is 4. The Morgan fingerprint density at radius 1 is 1.23 bits per heavy atom. The summed E-state index contributed by atoms with van der Waals surface area (Å²) in [7, 11) is 0. The number of carbonyl (C=O) groups is 3. The van der Waals surface area contributed by atoms with E-state index in [1.807, 2.05) is 6.26 Å². The molecule has 0 spiro atoms. The molecule has 2 aromatic heterocycles. The maximum atomic E-state index is 12.0. The van der Waals surface area contributed by atoms with Crippen molar-refractivity contribution in [2.24, 2.45) is 0 Å². The fourth-order valence-electron chi connectivity index (χ4n) is 3.60. The quantitative estimate of drug-likeness (QED) is 0.204. The molecule has 10 nitrogen and oxygen atoms in total. The van der Waals surface area contributed by atoms with Crippen LogP contribution in [0.1, 0.15) is 33.9 Å². The van der Waals surface area contributed by atoms with Crippen molar-refractivity contribution in [2.75, 3.05) is 12.9 Å². The standard InChI is InChI=1S/C19H22ClN3O7S/c1-9(24)27-8-13-14(28-10(2)25)19(4,30-11(3)26)17(29-13)23-7-6-12-15(20)21-18(31-5)22-16(12)23/h6-7,13-14,17H,8H2,1-5H3/t13-,14-,17?,19?/m1/s1. The lowest BCUT2D eigenvalue weighted by Crippen LogP contribution is -2.50. The second kappa shape index (κ2) is 9.01. The van der Waals surface area contributed by atoms with Gasteiger partial charge in [0.15, 0.2) is 23.1 Å². The number of thioether (sulfide) groups is 1. The van der Waals surface area contributed by atoms with E-state index in [0.29, 0.717) is 16.2 Å². The summed E-state index contributed by atoms with van der Waals surface area (Å²) in [5.41, 5.74) is -1.01. The van der Waals surface area contributed by atoms with E-state index in [-0.39, 0.29) is 11.8 Å². The SMILES string of the molecule is CSc1nc(Cl)c2ccn(C3O[C@H](COC(C)=O)[C@@H](OC(C)=O)C3(C)OC(C)=O)c2n1. The molecule has 168 valence electrons. The largest absolute Gasteiger partial charge is 0.463 e. The third kappa shape index (κ3) is 4.63. The minimum Gasteiger partial charge on any atom is -0.463 e. The average Bonchev–Trinajstić information content (AvgIpc) is 3.19. The van der Waals surface area contributed by atoms with E-state index in [1.54, 1.807) is 23.8 Å². The van der Waals surface area contributed by atoms with Gasteiger partial charge in [0.2, 0.25) is 0 Å². The molecule has 0 saturated carbocycles. The zero-order chi connectivity index (χ0) is 22.9. The highest BCUT2D eigenvalue weighted by Gasteiger charge is 2.60. The Kier molecular flexibility index (Phi) is 6.77. The van der Waals surface area contributed by atoms with E-state index in [2.05, 4.69) is 9.97 Å². The first-order valence-corrected chi connectivity index (χ1v) is 10.9. The van der Waals surface area contributed by atoms with Crippen LogP contribution >= 0.6 is 23.4 Å². The fraction of sp³-hybridized carbons (Fsp3) is 0.526. The summed E-state index contributed by atoms with van der Waals surface area (Å²) < 4.78 is 24.0. The predicted octanol–water partition coefficient (Wildman–Crippen LogP) is 2.52. The highest BCUT2D eigenvalue weighted by atomic mass is 35.5. The van der Waals surface area contributed by atoms with Gasteiger partial charge in [-0.25, -0.2) is 9.97 Å². The van der Waals surface area contributed by atoms with Gasteiger partial charge >= 0.3 is 17.9 Å². The number of rotatable bonds is 6. The van der Waals surface area contributed by atoms with Crippen molar-refractivity contribution >= 4 is 52.3 Å². The molecule has 0 radical (unpaired) electrons. The number of aromatic nitrogens is 3. The van der Waals surface area contributed by atoms with Gasteiger partial charge in [0, 0.05) is 27.0 Å². The molecule has 0 aromatic carbocycles. The summed E-state index contributed by atoms with van der Waals surface area (Å²) in [6, 6.07) is 1.71. The Hall–Kier alpha value is -2.37. The van der Waals surface area contributed by atoms with E-state index >= 15 is 0 Å². The highest BCUT2D eigenvalue weighted by molar-refractivity contribution is 7.98. The summed E-state index contributed by atoms with van der Waals surface area (Å²) in [6.07, 6.45) is 0.580. The predicted molar refractivity (Wildman–Crippen MR) is 111 cm³/mol. The summed E-state index contributed by atoms with van der Waals surface area (Å²) in [4.78, 5) is 43.9. The van der Waals surface area contributed by atoms with Gasteiger partial charge in [0.1, 0.15) is 23.5 Å². The number of hydrogen-bond donors (Lipinski definition) is 0. The zero-order valence-corrected chi connectivity index (χ0v) is 19.2. The monoisotopic (exact) mass is 471 g/mol. The summed E-state index contributed by atoms with van der Waals surface area (Å²) >= 11 is 7.61. The number of fused-ring (bicyclic) bond motifs is 1. The van der Waals surface area contributed by atoms with Gasteiger partial charge in [-0.1, -0.05) is 23.4 Å². The maximum Gasteiger partial charge on any atom is 0.303 e. The van der Waals surface area contributed by atoms with E-state index in [4.69, 9.17) is 30.5 Å². The Bertz CT molecular complexity index is 1030. The van der Waals surface area contributed by atoms with Crippen LogP contribution in [0, 0.1) is 0 Å². The van der Waals surface area contributed by atoms with Crippen molar-refractivity contribution in [1.29, 1.82) is 0 Å². The number of esters is 3. The van der Waals surface area contributed by atoms with Crippen LogP contribution in [0.25, 0.3) is 11.0 Å². The number of nitrogens with zero attached hydrogens (tertiary/aromatic N) is 3.